The highest BCUT2D eigenvalue weighted by Gasteiger charge is 2.24. The summed E-state index contributed by atoms with van der Waals surface area (Å²) in [6, 6.07) is 13.0. The summed E-state index contributed by atoms with van der Waals surface area (Å²) < 4.78 is 24.1. The van der Waals surface area contributed by atoms with Gasteiger partial charge in [0.2, 0.25) is 0 Å². The summed E-state index contributed by atoms with van der Waals surface area (Å²) in [4.78, 5) is 11.2. The molecule has 0 fully saturated rings. The standard InChI is InChI=1S/C24H24ClN5O2S/c1-15-4-7-22(18(10-15)12-26)30-9-8-21-19(13-30)24(28-14-27-21)29-16(2)17-5-6-20(25)23(11-17)33(3,31)32/h4-7,10-11,14,16H,8-9,13H2,1-3H3,(H,27,28,29)/t16-/m0/s1. The van der Waals surface area contributed by atoms with E-state index >= 15 is 0 Å². The second-order valence-corrected chi connectivity index (χ2v) is 10.7. The molecule has 2 heterocycles. The molecule has 4 rings (SSSR count). The highest BCUT2D eigenvalue weighted by atomic mass is 35.5. The van der Waals surface area contributed by atoms with Crippen molar-refractivity contribution in [3.63, 3.8) is 0 Å². The van der Waals surface area contributed by atoms with Crippen molar-refractivity contribution in [1.82, 2.24) is 9.97 Å². The maximum atomic E-state index is 12.1. The number of anilines is 2. The first-order valence-corrected chi connectivity index (χ1v) is 12.8. The van der Waals surface area contributed by atoms with E-state index in [4.69, 9.17) is 11.6 Å². The number of fused-ring (bicyclic) bond motifs is 1. The van der Waals surface area contributed by atoms with Crippen molar-refractivity contribution < 1.29 is 8.42 Å². The van der Waals surface area contributed by atoms with Crippen LogP contribution < -0.4 is 10.2 Å². The van der Waals surface area contributed by atoms with Crippen LogP contribution in [0.15, 0.2) is 47.6 Å². The van der Waals surface area contributed by atoms with E-state index in [1.807, 2.05) is 32.0 Å². The van der Waals surface area contributed by atoms with E-state index in [-0.39, 0.29) is 16.0 Å². The van der Waals surface area contributed by atoms with Crippen molar-refractivity contribution in [1.29, 1.82) is 5.26 Å². The van der Waals surface area contributed by atoms with Crippen molar-refractivity contribution in [2.45, 2.75) is 37.8 Å². The van der Waals surface area contributed by atoms with Crippen molar-refractivity contribution >= 4 is 32.9 Å². The summed E-state index contributed by atoms with van der Waals surface area (Å²) in [5, 5.41) is 13.2. The summed E-state index contributed by atoms with van der Waals surface area (Å²) in [6.45, 7) is 5.24. The average Bonchev–Trinajstić information content (AvgIpc) is 2.78. The molecule has 0 unspecified atom stereocenters. The molecule has 0 saturated carbocycles. The summed E-state index contributed by atoms with van der Waals surface area (Å²) in [5.74, 6) is 0.693. The normalized spacial score (nSPS) is 14.3. The van der Waals surface area contributed by atoms with Crippen molar-refractivity contribution in [3.05, 3.63) is 75.7 Å². The fourth-order valence-corrected chi connectivity index (χ4v) is 5.36. The van der Waals surface area contributed by atoms with E-state index in [0.29, 0.717) is 17.9 Å². The fraction of sp³-hybridized carbons (Fsp3) is 0.292. The van der Waals surface area contributed by atoms with Gasteiger partial charge in [0.1, 0.15) is 18.2 Å². The van der Waals surface area contributed by atoms with Crippen LogP contribution in [0, 0.1) is 18.3 Å². The number of hydrogen-bond acceptors (Lipinski definition) is 7. The Labute approximate surface area is 199 Å². The first kappa shape index (κ1) is 23.0. The Kier molecular flexibility index (Phi) is 6.28. The van der Waals surface area contributed by atoms with E-state index in [1.165, 1.54) is 0 Å². The molecule has 0 aliphatic carbocycles. The van der Waals surface area contributed by atoms with Gasteiger partial charge < -0.3 is 10.2 Å². The van der Waals surface area contributed by atoms with Crippen LogP contribution in [0.25, 0.3) is 0 Å². The molecule has 7 nitrogen and oxygen atoms in total. The molecule has 0 spiro atoms. The number of benzene rings is 2. The predicted octanol–water partition coefficient (Wildman–Crippen LogP) is 4.45. The maximum Gasteiger partial charge on any atom is 0.177 e. The molecule has 9 heteroatoms. The van der Waals surface area contributed by atoms with Gasteiger partial charge in [-0.2, -0.15) is 5.26 Å². The number of rotatable bonds is 5. The van der Waals surface area contributed by atoms with Crippen LogP contribution in [-0.2, 0) is 22.8 Å². The quantitative estimate of drug-likeness (QED) is 0.574. The summed E-state index contributed by atoms with van der Waals surface area (Å²) in [7, 11) is -3.44. The smallest absolute Gasteiger partial charge is 0.177 e. The Bertz CT molecular complexity index is 1370. The van der Waals surface area contributed by atoms with Crippen LogP contribution in [0.3, 0.4) is 0 Å². The molecule has 1 N–H and O–H groups in total. The zero-order valence-corrected chi connectivity index (χ0v) is 20.2. The molecule has 1 aromatic heterocycles. The van der Waals surface area contributed by atoms with Crippen LogP contribution in [0.4, 0.5) is 11.5 Å². The van der Waals surface area contributed by atoms with Crippen LogP contribution >= 0.6 is 11.6 Å². The summed E-state index contributed by atoms with van der Waals surface area (Å²) in [5.41, 5.74) is 5.31. The number of aryl methyl sites for hydroxylation is 1. The van der Waals surface area contributed by atoms with Gasteiger partial charge in [-0.25, -0.2) is 18.4 Å². The number of nitrogens with one attached hydrogen (secondary N) is 1. The van der Waals surface area contributed by atoms with E-state index in [2.05, 4.69) is 26.3 Å². The number of aromatic nitrogens is 2. The lowest BCUT2D eigenvalue weighted by Crippen LogP contribution is -2.32. The van der Waals surface area contributed by atoms with Gasteiger partial charge in [0.05, 0.1) is 26.9 Å². The lowest BCUT2D eigenvalue weighted by molar-refractivity contribution is 0.601. The average molecular weight is 482 g/mol. The third-order valence-corrected chi connectivity index (χ3v) is 7.40. The van der Waals surface area contributed by atoms with Gasteiger partial charge in [0.25, 0.3) is 0 Å². The lowest BCUT2D eigenvalue weighted by atomic mass is 10.0. The zero-order valence-electron chi connectivity index (χ0n) is 18.6. The third kappa shape index (κ3) is 4.80. The topological polar surface area (TPSA) is 99.0 Å². The van der Waals surface area contributed by atoms with E-state index in [1.54, 1.807) is 24.5 Å². The molecule has 0 saturated heterocycles. The highest BCUT2D eigenvalue weighted by molar-refractivity contribution is 7.90. The van der Waals surface area contributed by atoms with Crippen LogP contribution in [0.5, 0.6) is 0 Å². The van der Waals surface area contributed by atoms with Gasteiger partial charge in [0.15, 0.2) is 9.84 Å². The molecule has 0 bridgehead atoms. The minimum absolute atomic E-state index is 0.106. The molecule has 3 aromatic rings. The number of sulfone groups is 1. The van der Waals surface area contributed by atoms with Crippen LogP contribution in [0.1, 0.15) is 40.9 Å². The van der Waals surface area contributed by atoms with Gasteiger partial charge in [0, 0.05) is 37.4 Å². The van der Waals surface area contributed by atoms with E-state index in [0.717, 1.165) is 47.3 Å². The van der Waals surface area contributed by atoms with Crippen molar-refractivity contribution in [3.8, 4) is 6.07 Å². The molecule has 33 heavy (non-hydrogen) atoms. The first-order valence-electron chi connectivity index (χ1n) is 10.5. The summed E-state index contributed by atoms with van der Waals surface area (Å²) >= 11 is 6.10. The SMILES string of the molecule is Cc1ccc(N2CCc3ncnc(N[C@@H](C)c4ccc(Cl)c(S(C)(=O)=O)c4)c3C2)c(C#N)c1. The molecule has 0 amide bonds. The highest BCUT2D eigenvalue weighted by Crippen LogP contribution is 2.32. The molecule has 1 aliphatic heterocycles. The monoisotopic (exact) mass is 481 g/mol. The van der Waals surface area contributed by atoms with Gasteiger partial charge in [-0.1, -0.05) is 23.7 Å². The number of nitrogens with zero attached hydrogens (tertiary/aromatic N) is 4. The van der Waals surface area contributed by atoms with Gasteiger partial charge >= 0.3 is 0 Å². The minimum atomic E-state index is -3.44. The van der Waals surface area contributed by atoms with E-state index < -0.39 is 9.84 Å². The Morgan fingerprint density at radius 2 is 2.00 bits per heavy atom. The molecule has 1 atom stereocenters. The Morgan fingerprint density at radius 1 is 1.21 bits per heavy atom. The van der Waals surface area contributed by atoms with Crippen molar-refractivity contribution in [2.75, 3.05) is 23.0 Å². The second kappa shape index (κ2) is 9.00. The molecular weight excluding hydrogens is 458 g/mol. The van der Waals surface area contributed by atoms with Crippen molar-refractivity contribution in [2.24, 2.45) is 0 Å². The maximum absolute atomic E-state index is 12.1. The Morgan fingerprint density at radius 3 is 2.73 bits per heavy atom. The van der Waals surface area contributed by atoms with Gasteiger partial charge in [-0.05, 0) is 49.2 Å². The molecule has 0 radical (unpaired) electrons. The fourth-order valence-electron chi connectivity index (χ4n) is 4.05. The minimum Gasteiger partial charge on any atom is -0.366 e. The third-order valence-electron chi connectivity index (χ3n) is 5.82. The lowest BCUT2D eigenvalue weighted by Gasteiger charge is -2.32. The summed E-state index contributed by atoms with van der Waals surface area (Å²) in [6.07, 6.45) is 3.42. The Balaban J connectivity index is 1.63. The molecule has 170 valence electrons. The largest absolute Gasteiger partial charge is 0.366 e. The molecule has 2 aromatic carbocycles. The first-order chi connectivity index (χ1) is 15.7. The second-order valence-electron chi connectivity index (χ2n) is 8.28. The number of halogens is 1. The molecule has 1 aliphatic rings. The number of hydrogen-bond donors (Lipinski definition) is 1. The van der Waals surface area contributed by atoms with Crippen LogP contribution in [-0.4, -0.2) is 31.2 Å². The van der Waals surface area contributed by atoms with Crippen LogP contribution in [0.2, 0.25) is 5.02 Å². The number of nitriles is 1. The zero-order chi connectivity index (χ0) is 23.8. The molecular formula is C24H24ClN5O2S. The predicted molar refractivity (Wildman–Crippen MR) is 129 cm³/mol. The Hall–Kier alpha value is -3.15. The van der Waals surface area contributed by atoms with E-state index in [9.17, 15) is 13.7 Å². The van der Waals surface area contributed by atoms with Gasteiger partial charge in [-0.15, -0.1) is 0 Å². The van der Waals surface area contributed by atoms with Gasteiger partial charge in [-0.3, -0.25) is 0 Å².